The monoisotopic (exact) mass is 329 g/mol. The van der Waals surface area contributed by atoms with Crippen molar-refractivity contribution in [1.82, 2.24) is 5.32 Å². The molecule has 0 heterocycles. The maximum atomic E-state index is 11.5. The van der Waals surface area contributed by atoms with Gasteiger partial charge in [0, 0.05) is 6.42 Å². The molecule has 6 heteroatoms. The van der Waals surface area contributed by atoms with Crippen molar-refractivity contribution < 1.29 is 24.2 Å². The van der Waals surface area contributed by atoms with Gasteiger partial charge in [-0.15, -0.1) is 0 Å². The van der Waals surface area contributed by atoms with E-state index in [0.29, 0.717) is 6.42 Å². The van der Waals surface area contributed by atoms with Crippen LogP contribution in [0.15, 0.2) is 0 Å². The fourth-order valence-electron chi connectivity index (χ4n) is 2.16. The van der Waals surface area contributed by atoms with Crippen LogP contribution in [0.1, 0.15) is 77.6 Å². The van der Waals surface area contributed by atoms with Gasteiger partial charge in [-0.05, 0) is 6.42 Å². The van der Waals surface area contributed by atoms with Crippen molar-refractivity contribution >= 4 is 17.8 Å². The number of aliphatic carboxylic acids is 1. The summed E-state index contributed by atoms with van der Waals surface area (Å²) in [6.07, 6.45) is 10.9. The van der Waals surface area contributed by atoms with E-state index in [2.05, 4.69) is 17.0 Å². The largest absolute Gasteiger partial charge is 0.481 e. The molecule has 0 aromatic heterocycles. The van der Waals surface area contributed by atoms with Gasteiger partial charge in [0.25, 0.3) is 0 Å². The Kier molecular flexibility index (Phi) is 14.3. The summed E-state index contributed by atoms with van der Waals surface area (Å²) in [5.74, 6) is -1.79. The van der Waals surface area contributed by atoms with Gasteiger partial charge in [-0.3, -0.25) is 14.4 Å². The number of amides is 1. The highest BCUT2D eigenvalue weighted by Crippen LogP contribution is 2.10. The Bertz CT molecular complexity index is 344. The normalized spacial score (nSPS) is 10.3. The van der Waals surface area contributed by atoms with Crippen LogP contribution in [0, 0.1) is 0 Å². The summed E-state index contributed by atoms with van der Waals surface area (Å²) in [6, 6.07) is 0. The smallest absolute Gasteiger partial charge is 0.325 e. The van der Waals surface area contributed by atoms with Gasteiger partial charge in [0.05, 0.1) is 6.42 Å². The zero-order valence-electron chi connectivity index (χ0n) is 14.3. The van der Waals surface area contributed by atoms with Crippen molar-refractivity contribution in [3.8, 4) is 0 Å². The number of esters is 1. The van der Waals surface area contributed by atoms with Gasteiger partial charge >= 0.3 is 11.9 Å². The number of rotatable bonds is 15. The van der Waals surface area contributed by atoms with E-state index >= 15 is 0 Å². The van der Waals surface area contributed by atoms with Gasteiger partial charge in [0.2, 0.25) is 5.91 Å². The molecule has 1 amide bonds. The molecule has 0 rings (SSSR count). The highest BCUT2D eigenvalue weighted by molar-refractivity contribution is 5.81. The molecule has 0 saturated heterocycles. The van der Waals surface area contributed by atoms with E-state index in [1.54, 1.807) is 0 Å². The Morgan fingerprint density at radius 1 is 0.870 bits per heavy atom. The molecule has 0 aromatic rings. The summed E-state index contributed by atoms with van der Waals surface area (Å²) < 4.78 is 4.67. The Morgan fingerprint density at radius 3 is 2.00 bits per heavy atom. The van der Waals surface area contributed by atoms with E-state index in [4.69, 9.17) is 5.11 Å². The lowest BCUT2D eigenvalue weighted by atomic mass is 10.1. The zero-order valence-corrected chi connectivity index (χ0v) is 14.3. The standard InChI is InChI=1S/C17H31NO5/c1-2-3-4-5-6-7-8-9-10-11-15(19)18-14-17(22)23-13-12-16(20)21/h2-14H2,1H3,(H,18,19)(H,20,21). The lowest BCUT2D eigenvalue weighted by Gasteiger charge is -2.06. The van der Waals surface area contributed by atoms with Crippen LogP contribution < -0.4 is 5.32 Å². The molecule has 0 bridgehead atoms. The molecule has 0 fully saturated rings. The van der Waals surface area contributed by atoms with E-state index in [1.165, 1.54) is 38.5 Å². The van der Waals surface area contributed by atoms with E-state index in [1.807, 2.05) is 0 Å². The van der Waals surface area contributed by atoms with Crippen LogP contribution >= 0.6 is 0 Å². The molecule has 0 radical (unpaired) electrons. The second kappa shape index (κ2) is 15.3. The van der Waals surface area contributed by atoms with E-state index < -0.39 is 11.9 Å². The first-order valence-electron chi connectivity index (χ1n) is 8.70. The van der Waals surface area contributed by atoms with Gasteiger partial charge in [0.15, 0.2) is 0 Å². The van der Waals surface area contributed by atoms with Gasteiger partial charge < -0.3 is 15.2 Å². The molecule has 23 heavy (non-hydrogen) atoms. The molecule has 0 unspecified atom stereocenters. The third-order valence-corrected chi connectivity index (χ3v) is 3.52. The second-order valence-electron chi connectivity index (χ2n) is 5.72. The quantitative estimate of drug-likeness (QED) is 0.356. The lowest BCUT2D eigenvalue weighted by Crippen LogP contribution is -2.30. The summed E-state index contributed by atoms with van der Waals surface area (Å²) >= 11 is 0. The summed E-state index contributed by atoms with van der Waals surface area (Å²) in [4.78, 5) is 33.0. The molecule has 134 valence electrons. The summed E-state index contributed by atoms with van der Waals surface area (Å²) in [5.41, 5.74) is 0. The number of ether oxygens (including phenoxy) is 1. The summed E-state index contributed by atoms with van der Waals surface area (Å²) in [5, 5.41) is 10.9. The molecular formula is C17H31NO5. The highest BCUT2D eigenvalue weighted by atomic mass is 16.5. The fourth-order valence-corrected chi connectivity index (χ4v) is 2.16. The third-order valence-electron chi connectivity index (χ3n) is 3.52. The number of carbonyl (C=O) groups excluding carboxylic acids is 2. The minimum absolute atomic E-state index is 0.164. The molecule has 0 aliphatic rings. The number of carboxylic acids is 1. The molecule has 0 atom stereocenters. The van der Waals surface area contributed by atoms with Crippen LogP contribution in [-0.4, -0.2) is 36.1 Å². The molecule has 0 aromatic carbocycles. The third kappa shape index (κ3) is 16.6. The molecule has 0 spiro atoms. The summed E-state index contributed by atoms with van der Waals surface area (Å²) in [7, 11) is 0. The molecule has 0 saturated carbocycles. The van der Waals surface area contributed by atoms with Crippen molar-refractivity contribution in [3.63, 3.8) is 0 Å². The maximum absolute atomic E-state index is 11.5. The Labute approximate surface area is 139 Å². The van der Waals surface area contributed by atoms with Gasteiger partial charge in [-0.1, -0.05) is 58.3 Å². The number of hydrogen-bond donors (Lipinski definition) is 2. The SMILES string of the molecule is CCCCCCCCCCCC(=O)NCC(=O)OCCC(=O)O. The number of carboxylic acid groups (broad SMARTS) is 1. The first-order valence-corrected chi connectivity index (χ1v) is 8.70. The van der Waals surface area contributed by atoms with Gasteiger partial charge in [-0.2, -0.15) is 0 Å². The molecule has 0 aliphatic heterocycles. The van der Waals surface area contributed by atoms with Gasteiger partial charge in [0.1, 0.15) is 13.2 Å². The van der Waals surface area contributed by atoms with Gasteiger partial charge in [-0.25, -0.2) is 0 Å². The van der Waals surface area contributed by atoms with E-state index in [0.717, 1.165) is 19.3 Å². The molecule has 2 N–H and O–H groups in total. The Morgan fingerprint density at radius 2 is 1.43 bits per heavy atom. The number of unbranched alkanes of at least 4 members (excludes halogenated alkanes) is 8. The first-order chi connectivity index (χ1) is 11.1. The highest BCUT2D eigenvalue weighted by Gasteiger charge is 2.07. The number of carbonyl (C=O) groups is 3. The minimum atomic E-state index is -1.02. The number of hydrogen-bond acceptors (Lipinski definition) is 4. The number of nitrogens with one attached hydrogen (secondary N) is 1. The topological polar surface area (TPSA) is 92.7 Å². The second-order valence-corrected chi connectivity index (χ2v) is 5.72. The van der Waals surface area contributed by atoms with Crippen LogP contribution in [0.25, 0.3) is 0 Å². The fraction of sp³-hybridized carbons (Fsp3) is 0.824. The van der Waals surface area contributed by atoms with Crippen LogP contribution in [0.5, 0.6) is 0 Å². The minimum Gasteiger partial charge on any atom is -0.481 e. The summed E-state index contributed by atoms with van der Waals surface area (Å²) in [6.45, 7) is 1.85. The van der Waals surface area contributed by atoms with Crippen molar-refractivity contribution in [2.24, 2.45) is 0 Å². The van der Waals surface area contributed by atoms with Crippen LogP contribution in [0.4, 0.5) is 0 Å². The van der Waals surface area contributed by atoms with Crippen molar-refractivity contribution in [2.45, 2.75) is 77.6 Å². The Balaban J connectivity index is 3.36. The van der Waals surface area contributed by atoms with Crippen LogP contribution in [0.2, 0.25) is 0 Å². The van der Waals surface area contributed by atoms with E-state index in [9.17, 15) is 14.4 Å². The van der Waals surface area contributed by atoms with E-state index in [-0.39, 0.29) is 25.5 Å². The predicted molar refractivity (Wildman–Crippen MR) is 88.1 cm³/mol. The average molecular weight is 329 g/mol. The van der Waals surface area contributed by atoms with Crippen molar-refractivity contribution in [1.29, 1.82) is 0 Å². The van der Waals surface area contributed by atoms with Crippen LogP contribution in [0.3, 0.4) is 0 Å². The average Bonchev–Trinajstić information content (AvgIpc) is 2.51. The molecular weight excluding hydrogens is 298 g/mol. The lowest BCUT2D eigenvalue weighted by molar-refractivity contribution is -0.146. The predicted octanol–water partition coefficient (Wildman–Crippen LogP) is 3.04. The first kappa shape index (κ1) is 21.4. The van der Waals surface area contributed by atoms with Crippen molar-refractivity contribution in [3.05, 3.63) is 0 Å². The Hall–Kier alpha value is -1.59. The maximum Gasteiger partial charge on any atom is 0.325 e. The molecule has 0 aliphatic carbocycles. The molecule has 6 nitrogen and oxygen atoms in total. The van der Waals surface area contributed by atoms with Crippen LogP contribution in [-0.2, 0) is 19.1 Å². The van der Waals surface area contributed by atoms with Crippen molar-refractivity contribution in [2.75, 3.05) is 13.2 Å². The zero-order chi connectivity index (χ0) is 17.3.